The number of nitrogen functional groups attached to an aromatic ring is 1. The first-order chi connectivity index (χ1) is 11.9. The van der Waals surface area contributed by atoms with Crippen LogP contribution in [-0.4, -0.2) is 60.1 Å². The van der Waals surface area contributed by atoms with Crippen LogP contribution in [0.2, 0.25) is 0 Å². The molecule has 0 radical (unpaired) electrons. The van der Waals surface area contributed by atoms with Gasteiger partial charge < -0.3 is 15.5 Å². The van der Waals surface area contributed by atoms with Crippen molar-refractivity contribution < 1.29 is 4.39 Å². The number of aromatic nitrogens is 3. The van der Waals surface area contributed by atoms with Crippen LogP contribution in [0.15, 0.2) is 24.3 Å². The summed E-state index contributed by atoms with van der Waals surface area (Å²) in [6.07, 6.45) is 0. The van der Waals surface area contributed by atoms with E-state index in [9.17, 15) is 4.39 Å². The maximum atomic E-state index is 13.1. The molecule has 3 rings (SSSR count). The number of nitrogens with two attached hydrogens (primary N) is 1. The molecular formula is C17H24FN7. The number of hydrogen-bond acceptors (Lipinski definition) is 7. The van der Waals surface area contributed by atoms with Crippen molar-refractivity contribution in [1.29, 1.82) is 0 Å². The average molecular weight is 345 g/mol. The fraction of sp³-hybridized carbons (Fsp3) is 0.471. The van der Waals surface area contributed by atoms with E-state index in [4.69, 9.17) is 5.73 Å². The molecule has 0 bridgehead atoms. The molecule has 2 N–H and O–H groups in total. The quantitative estimate of drug-likeness (QED) is 0.901. The highest BCUT2D eigenvalue weighted by atomic mass is 19.1. The Hall–Kier alpha value is -2.48. The van der Waals surface area contributed by atoms with Crippen molar-refractivity contribution in [3.05, 3.63) is 35.9 Å². The molecule has 0 saturated carbocycles. The fourth-order valence-corrected chi connectivity index (χ4v) is 2.97. The van der Waals surface area contributed by atoms with E-state index in [1.165, 1.54) is 12.1 Å². The SMILES string of the molecule is C[C@@H](c1nc(N)nc(N(C)C)n1)N1CCN(c2ccc(F)cc2)CC1. The van der Waals surface area contributed by atoms with Crippen molar-refractivity contribution in [3.8, 4) is 0 Å². The molecule has 1 aliphatic rings. The first-order valence-electron chi connectivity index (χ1n) is 8.37. The van der Waals surface area contributed by atoms with Gasteiger partial charge in [-0.15, -0.1) is 0 Å². The van der Waals surface area contributed by atoms with E-state index in [1.807, 2.05) is 31.1 Å². The van der Waals surface area contributed by atoms with E-state index in [2.05, 4.69) is 31.7 Å². The Kier molecular flexibility index (Phi) is 4.98. The number of anilines is 3. The zero-order chi connectivity index (χ0) is 18.0. The lowest BCUT2D eigenvalue weighted by Gasteiger charge is -2.38. The molecule has 7 nitrogen and oxygen atoms in total. The molecule has 1 aromatic heterocycles. The van der Waals surface area contributed by atoms with Crippen molar-refractivity contribution in [3.63, 3.8) is 0 Å². The van der Waals surface area contributed by atoms with Crippen LogP contribution in [0.25, 0.3) is 0 Å². The molecule has 2 heterocycles. The minimum Gasteiger partial charge on any atom is -0.369 e. The lowest BCUT2D eigenvalue weighted by Crippen LogP contribution is -2.47. The van der Waals surface area contributed by atoms with Gasteiger partial charge in [-0.25, -0.2) is 4.39 Å². The van der Waals surface area contributed by atoms with Crippen LogP contribution in [0, 0.1) is 5.82 Å². The minimum atomic E-state index is -0.208. The van der Waals surface area contributed by atoms with E-state index < -0.39 is 0 Å². The molecule has 1 saturated heterocycles. The second-order valence-corrected chi connectivity index (χ2v) is 6.42. The number of rotatable bonds is 4. The molecule has 1 aromatic carbocycles. The second kappa shape index (κ2) is 7.18. The van der Waals surface area contributed by atoms with Crippen LogP contribution in [0.4, 0.5) is 22.0 Å². The Morgan fingerprint density at radius 2 is 1.68 bits per heavy atom. The third-order valence-electron chi connectivity index (χ3n) is 4.49. The van der Waals surface area contributed by atoms with Gasteiger partial charge in [-0.1, -0.05) is 0 Å². The van der Waals surface area contributed by atoms with Gasteiger partial charge >= 0.3 is 0 Å². The lowest BCUT2D eigenvalue weighted by atomic mass is 10.2. The van der Waals surface area contributed by atoms with Crippen molar-refractivity contribution in [1.82, 2.24) is 19.9 Å². The Labute approximate surface area is 147 Å². The van der Waals surface area contributed by atoms with Gasteiger partial charge in [-0.3, -0.25) is 4.90 Å². The number of nitrogens with zero attached hydrogens (tertiary/aromatic N) is 6. The molecular weight excluding hydrogens is 321 g/mol. The highest BCUT2D eigenvalue weighted by Gasteiger charge is 2.25. The van der Waals surface area contributed by atoms with Crippen LogP contribution in [0.1, 0.15) is 18.8 Å². The van der Waals surface area contributed by atoms with Crippen molar-refractivity contribution in [2.45, 2.75) is 13.0 Å². The molecule has 0 amide bonds. The summed E-state index contributed by atoms with van der Waals surface area (Å²) < 4.78 is 13.1. The standard InChI is InChI=1S/C17H24FN7/c1-12(15-20-16(19)22-17(21-15)23(2)3)24-8-10-25(11-9-24)14-6-4-13(18)5-7-14/h4-7,12H,8-11H2,1-3H3,(H2,19,20,21,22)/t12-/m0/s1. The molecule has 8 heteroatoms. The molecule has 1 aliphatic heterocycles. The summed E-state index contributed by atoms with van der Waals surface area (Å²) in [5.74, 6) is 1.29. The highest BCUT2D eigenvalue weighted by molar-refractivity contribution is 5.46. The first-order valence-corrected chi connectivity index (χ1v) is 8.37. The predicted molar refractivity (Wildman–Crippen MR) is 97.2 cm³/mol. The van der Waals surface area contributed by atoms with Gasteiger partial charge in [-0.2, -0.15) is 15.0 Å². The van der Waals surface area contributed by atoms with E-state index in [1.54, 1.807) is 0 Å². The van der Waals surface area contributed by atoms with E-state index in [0.29, 0.717) is 11.8 Å². The molecule has 1 fully saturated rings. The van der Waals surface area contributed by atoms with E-state index in [0.717, 1.165) is 31.9 Å². The highest BCUT2D eigenvalue weighted by Crippen LogP contribution is 2.23. The predicted octanol–water partition coefficient (Wildman–Crippen LogP) is 1.54. The molecule has 25 heavy (non-hydrogen) atoms. The van der Waals surface area contributed by atoms with Gasteiger partial charge in [0.05, 0.1) is 6.04 Å². The summed E-state index contributed by atoms with van der Waals surface area (Å²) in [5, 5.41) is 0. The van der Waals surface area contributed by atoms with Gasteiger partial charge in [0.1, 0.15) is 5.82 Å². The monoisotopic (exact) mass is 345 g/mol. The van der Waals surface area contributed by atoms with E-state index in [-0.39, 0.29) is 17.8 Å². The Bertz CT molecular complexity index is 711. The average Bonchev–Trinajstić information content (AvgIpc) is 2.61. The van der Waals surface area contributed by atoms with Crippen molar-refractivity contribution in [2.24, 2.45) is 0 Å². The lowest BCUT2D eigenvalue weighted by molar-refractivity contribution is 0.191. The summed E-state index contributed by atoms with van der Waals surface area (Å²) in [6.45, 7) is 5.58. The third-order valence-corrected chi connectivity index (χ3v) is 4.49. The van der Waals surface area contributed by atoms with Gasteiger partial charge in [0.25, 0.3) is 0 Å². The Balaban J connectivity index is 1.67. The number of halogens is 1. The fourth-order valence-electron chi connectivity index (χ4n) is 2.97. The van der Waals surface area contributed by atoms with Gasteiger partial charge in [0.2, 0.25) is 11.9 Å². The summed E-state index contributed by atoms with van der Waals surface area (Å²) in [5.41, 5.74) is 6.88. The molecule has 2 aromatic rings. The maximum Gasteiger partial charge on any atom is 0.229 e. The number of hydrogen-bond donors (Lipinski definition) is 1. The van der Waals surface area contributed by atoms with Gasteiger partial charge in [0.15, 0.2) is 5.82 Å². The zero-order valence-corrected chi connectivity index (χ0v) is 14.9. The minimum absolute atomic E-state index is 0.0550. The molecule has 0 aliphatic carbocycles. The largest absolute Gasteiger partial charge is 0.369 e. The first kappa shape index (κ1) is 17.3. The Morgan fingerprint density at radius 1 is 1.04 bits per heavy atom. The van der Waals surface area contributed by atoms with Crippen LogP contribution >= 0.6 is 0 Å². The van der Waals surface area contributed by atoms with Crippen LogP contribution in [-0.2, 0) is 0 Å². The van der Waals surface area contributed by atoms with Gasteiger partial charge in [0, 0.05) is 46.0 Å². The summed E-state index contributed by atoms with van der Waals surface area (Å²) in [4.78, 5) is 19.4. The number of piperazine rings is 1. The topological polar surface area (TPSA) is 74.4 Å². The molecule has 0 spiro atoms. The summed E-state index contributed by atoms with van der Waals surface area (Å²) >= 11 is 0. The number of benzene rings is 1. The summed E-state index contributed by atoms with van der Waals surface area (Å²) in [6, 6.07) is 6.70. The van der Waals surface area contributed by atoms with Crippen molar-refractivity contribution in [2.75, 3.05) is 55.8 Å². The summed E-state index contributed by atoms with van der Waals surface area (Å²) in [7, 11) is 3.76. The smallest absolute Gasteiger partial charge is 0.229 e. The Morgan fingerprint density at radius 3 is 2.28 bits per heavy atom. The van der Waals surface area contributed by atoms with Crippen molar-refractivity contribution >= 4 is 17.6 Å². The zero-order valence-electron chi connectivity index (χ0n) is 14.9. The second-order valence-electron chi connectivity index (χ2n) is 6.42. The molecule has 1 atom stereocenters. The maximum absolute atomic E-state index is 13.1. The third kappa shape index (κ3) is 3.96. The van der Waals surface area contributed by atoms with Crippen LogP contribution in [0.5, 0.6) is 0 Å². The molecule has 0 unspecified atom stereocenters. The molecule has 134 valence electrons. The van der Waals surface area contributed by atoms with Crippen LogP contribution < -0.4 is 15.5 Å². The normalized spacial score (nSPS) is 16.7. The van der Waals surface area contributed by atoms with E-state index >= 15 is 0 Å². The van der Waals surface area contributed by atoms with Crippen LogP contribution in [0.3, 0.4) is 0 Å². The van der Waals surface area contributed by atoms with Gasteiger partial charge in [-0.05, 0) is 31.2 Å².